The quantitative estimate of drug-likeness (QED) is 0.448. The van der Waals surface area contributed by atoms with Crippen LogP contribution in [0.15, 0.2) is 36.7 Å². The normalized spacial score (nSPS) is 15.4. The molecule has 9 heteroatoms. The number of anilines is 1. The zero-order valence-electron chi connectivity index (χ0n) is 19.5. The van der Waals surface area contributed by atoms with Gasteiger partial charge in [-0.2, -0.15) is 13.2 Å². The lowest BCUT2D eigenvalue weighted by Crippen LogP contribution is -2.53. The highest BCUT2D eigenvalue weighted by molar-refractivity contribution is 5.94. The van der Waals surface area contributed by atoms with Crippen LogP contribution >= 0.6 is 0 Å². The molecule has 2 heterocycles. The Bertz CT molecular complexity index is 1140. The fourth-order valence-corrected chi connectivity index (χ4v) is 4.55. The smallest absolute Gasteiger partial charge is 0.417 e. The number of ether oxygens (including phenoxy) is 1. The van der Waals surface area contributed by atoms with Gasteiger partial charge in [0.05, 0.1) is 18.3 Å². The third-order valence-electron chi connectivity index (χ3n) is 6.29. The highest BCUT2D eigenvalue weighted by Crippen LogP contribution is 2.51. The zero-order valence-corrected chi connectivity index (χ0v) is 19.5. The van der Waals surface area contributed by atoms with E-state index in [0.717, 1.165) is 6.07 Å². The van der Waals surface area contributed by atoms with Crippen molar-refractivity contribution in [3.05, 3.63) is 53.7 Å². The summed E-state index contributed by atoms with van der Waals surface area (Å²) in [7, 11) is 4.81. The number of aromatic nitrogens is 2. The average Bonchev–Trinajstić information content (AvgIpc) is 3.11. The van der Waals surface area contributed by atoms with Gasteiger partial charge in [0.25, 0.3) is 0 Å². The monoisotopic (exact) mass is 467 g/mol. The molecule has 0 fully saturated rings. The summed E-state index contributed by atoms with van der Waals surface area (Å²) in [5.74, 6) is -1.72. The van der Waals surface area contributed by atoms with E-state index in [2.05, 4.69) is 9.97 Å². The molecule has 2 N–H and O–H groups in total. The molecule has 0 bridgehead atoms. The maximum Gasteiger partial charge on any atom is 0.417 e. The van der Waals surface area contributed by atoms with Gasteiger partial charge in [-0.25, -0.2) is 4.39 Å². The van der Waals surface area contributed by atoms with E-state index in [4.69, 9.17) is 4.74 Å². The molecule has 0 amide bonds. The van der Waals surface area contributed by atoms with Gasteiger partial charge in [0.15, 0.2) is 5.60 Å². The van der Waals surface area contributed by atoms with E-state index in [9.17, 15) is 22.7 Å². The van der Waals surface area contributed by atoms with Gasteiger partial charge in [0.1, 0.15) is 11.6 Å². The summed E-state index contributed by atoms with van der Waals surface area (Å²) in [5.41, 5.74) is -2.79. The molecule has 1 aromatic carbocycles. The Hall–Kier alpha value is -2.81. The van der Waals surface area contributed by atoms with Gasteiger partial charge in [-0.05, 0) is 36.1 Å². The number of halogens is 4. The molecule has 0 saturated heterocycles. The van der Waals surface area contributed by atoms with Crippen LogP contribution in [0.4, 0.5) is 23.2 Å². The van der Waals surface area contributed by atoms with Crippen LogP contribution in [0.5, 0.6) is 5.75 Å². The lowest BCUT2D eigenvalue weighted by molar-refractivity contribution is -0.274. The van der Waals surface area contributed by atoms with Crippen LogP contribution in [0.1, 0.15) is 44.4 Å². The van der Waals surface area contributed by atoms with E-state index in [1.165, 1.54) is 40.0 Å². The van der Waals surface area contributed by atoms with Gasteiger partial charge in [-0.1, -0.05) is 20.8 Å². The summed E-state index contributed by atoms with van der Waals surface area (Å²) in [6.45, 7) is 4.42. The number of nitrogens with zero attached hydrogens (tertiary/aromatic N) is 2. The minimum Gasteiger partial charge on any atom is -0.496 e. The number of methoxy groups -OCH3 is 1. The molecule has 0 spiro atoms. The summed E-state index contributed by atoms with van der Waals surface area (Å²) in [6.07, 6.45) is -2.57. The van der Waals surface area contributed by atoms with E-state index >= 15 is 0 Å². The Balaban J connectivity index is 2.16. The summed E-state index contributed by atoms with van der Waals surface area (Å²) < 4.78 is 62.9. The van der Waals surface area contributed by atoms with Crippen LogP contribution in [0.25, 0.3) is 10.9 Å². The fraction of sp³-hybridized carbons (Fsp3) is 0.458. The first kappa shape index (κ1) is 24.8. The Kier molecular flexibility index (Phi) is 6.41. The lowest BCUT2D eigenvalue weighted by Gasteiger charge is -2.42. The van der Waals surface area contributed by atoms with E-state index in [0.29, 0.717) is 16.6 Å². The van der Waals surface area contributed by atoms with Gasteiger partial charge in [-0.3, -0.25) is 4.98 Å². The van der Waals surface area contributed by atoms with Crippen molar-refractivity contribution in [2.75, 3.05) is 26.1 Å². The van der Waals surface area contributed by atoms with Crippen molar-refractivity contribution in [3.8, 4) is 5.75 Å². The lowest BCUT2D eigenvalue weighted by atomic mass is 9.69. The number of nitrogens with one attached hydrogen (secondary N) is 1. The molecule has 2 aromatic heterocycles. The predicted octanol–water partition coefficient (Wildman–Crippen LogP) is 5.54. The van der Waals surface area contributed by atoms with Gasteiger partial charge < -0.3 is 19.7 Å². The van der Waals surface area contributed by atoms with Crippen LogP contribution in [0.3, 0.4) is 0 Å². The number of rotatable bonds is 7. The number of fused-ring (bicyclic) bond motifs is 1. The topological polar surface area (TPSA) is 61.4 Å². The molecular weight excluding hydrogens is 438 g/mol. The fourth-order valence-electron chi connectivity index (χ4n) is 4.55. The number of benzene rings is 1. The van der Waals surface area contributed by atoms with Crippen molar-refractivity contribution in [1.82, 2.24) is 9.97 Å². The number of hydrogen-bond acceptors (Lipinski definition) is 4. The average molecular weight is 468 g/mol. The number of H-pyrrole nitrogens is 1. The van der Waals surface area contributed by atoms with Crippen molar-refractivity contribution in [2.45, 2.75) is 50.3 Å². The predicted molar refractivity (Wildman–Crippen MR) is 120 cm³/mol. The van der Waals surface area contributed by atoms with Gasteiger partial charge in [0.2, 0.25) is 0 Å². The van der Waals surface area contributed by atoms with Crippen molar-refractivity contribution >= 4 is 16.6 Å². The van der Waals surface area contributed by atoms with E-state index in [1.807, 2.05) is 0 Å². The number of aliphatic hydroxyl groups is 1. The molecule has 0 saturated carbocycles. The molecule has 3 rings (SSSR count). The Morgan fingerprint density at radius 1 is 1.18 bits per heavy atom. The molecule has 3 aromatic rings. The van der Waals surface area contributed by atoms with Crippen LogP contribution in [0, 0.1) is 5.82 Å². The molecule has 5 nitrogen and oxygen atoms in total. The molecular formula is C24H29F4N3O2. The SMILES string of the molecule is COc1ccc(F)cc1C(C)(C)CC(O)(C(C)c1[nH]c2ccncc2c1N(C)C)C(F)(F)F. The molecule has 33 heavy (non-hydrogen) atoms. The second kappa shape index (κ2) is 8.52. The first-order valence-corrected chi connectivity index (χ1v) is 10.5. The number of hydrogen-bond donors (Lipinski definition) is 2. The van der Waals surface area contributed by atoms with Crippen LogP contribution < -0.4 is 9.64 Å². The van der Waals surface area contributed by atoms with E-state index in [-0.39, 0.29) is 17.0 Å². The maximum absolute atomic E-state index is 14.5. The molecule has 0 aliphatic carbocycles. The van der Waals surface area contributed by atoms with Crippen LogP contribution in [-0.2, 0) is 5.41 Å². The molecule has 2 atom stereocenters. The maximum atomic E-state index is 14.5. The summed E-state index contributed by atoms with van der Waals surface area (Å²) >= 11 is 0. The third-order valence-corrected chi connectivity index (χ3v) is 6.29. The largest absolute Gasteiger partial charge is 0.496 e. The van der Waals surface area contributed by atoms with Crippen LogP contribution in [0.2, 0.25) is 0 Å². The minimum atomic E-state index is -4.97. The van der Waals surface area contributed by atoms with Gasteiger partial charge in [-0.15, -0.1) is 0 Å². The Morgan fingerprint density at radius 2 is 1.85 bits per heavy atom. The van der Waals surface area contributed by atoms with Crippen molar-refractivity contribution in [1.29, 1.82) is 0 Å². The first-order valence-electron chi connectivity index (χ1n) is 10.5. The summed E-state index contributed by atoms with van der Waals surface area (Å²) in [4.78, 5) is 8.84. The van der Waals surface area contributed by atoms with E-state index in [1.54, 1.807) is 37.5 Å². The number of alkyl halides is 3. The standard InChI is InChI=1S/C24H29F4N3O2/c1-14(20-21(31(4)5)16-12-29-10-9-18(16)30-20)23(32,24(26,27)28)13-22(2,3)17-11-15(25)7-8-19(17)33-6/h7-12,14,30,32H,13H2,1-6H3. The number of aromatic amines is 1. The second-order valence-electron chi connectivity index (χ2n) is 9.25. The minimum absolute atomic E-state index is 0.241. The molecule has 180 valence electrons. The summed E-state index contributed by atoms with van der Waals surface area (Å²) in [5, 5.41) is 12.0. The zero-order chi connectivity index (χ0) is 24.8. The van der Waals surface area contributed by atoms with Crippen molar-refractivity contribution in [2.24, 2.45) is 0 Å². The highest BCUT2D eigenvalue weighted by atomic mass is 19.4. The molecule has 0 radical (unpaired) electrons. The number of pyridine rings is 1. The third kappa shape index (κ3) is 4.38. The second-order valence-corrected chi connectivity index (χ2v) is 9.25. The van der Waals surface area contributed by atoms with Crippen molar-refractivity contribution in [3.63, 3.8) is 0 Å². The Labute approximate surface area is 190 Å². The highest BCUT2D eigenvalue weighted by Gasteiger charge is 2.60. The van der Waals surface area contributed by atoms with Crippen LogP contribution in [-0.4, -0.2) is 48.1 Å². The van der Waals surface area contributed by atoms with Gasteiger partial charge >= 0.3 is 6.18 Å². The molecule has 0 aliphatic heterocycles. The molecule has 0 aliphatic rings. The Morgan fingerprint density at radius 3 is 2.42 bits per heavy atom. The molecule has 2 unspecified atom stereocenters. The summed E-state index contributed by atoms with van der Waals surface area (Å²) in [6, 6.07) is 5.38. The first-order chi connectivity index (χ1) is 15.2. The van der Waals surface area contributed by atoms with Gasteiger partial charge in [0, 0.05) is 49.1 Å². The van der Waals surface area contributed by atoms with E-state index < -0.39 is 35.3 Å². The van der Waals surface area contributed by atoms with Crippen molar-refractivity contribution < 1.29 is 27.4 Å².